The molecule has 0 fully saturated rings. The minimum Gasteiger partial charge on any atom is -0.480 e. The third kappa shape index (κ3) is 4.57. The Hall–Kier alpha value is -1.35. The van der Waals surface area contributed by atoms with E-state index >= 15 is 0 Å². The van der Waals surface area contributed by atoms with Gasteiger partial charge in [0, 0.05) is 0 Å². The summed E-state index contributed by atoms with van der Waals surface area (Å²) in [6.07, 6.45) is 1.73. The van der Waals surface area contributed by atoms with E-state index in [0.717, 1.165) is 12.8 Å². The SMILES string of the molecule is CC[C@H](C)[C@H](NCCc1ccccc1)C(=O)O. The minimum absolute atomic E-state index is 0.156. The molecule has 0 spiro atoms. The summed E-state index contributed by atoms with van der Waals surface area (Å²) < 4.78 is 0. The van der Waals surface area contributed by atoms with Crippen LogP contribution >= 0.6 is 0 Å². The lowest BCUT2D eigenvalue weighted by Gasteiger charge is -2.20. The van der Waals surface area contributed by atoms with Gasteiger partial charge in [-0.1, -0.05) is 50.6 Å². The Kier molecular flexibility index (Phi) is 5.70. The van der Waals surface area contributed by atoms with Gasteiger partial charge in [-0.3, -0.25) is 4.79 Å². The summed E-state index contributed by atoms with van der Waals surface area (Å²) in [6, 6.07) is 9.65. The van der Waals surface area contributed by atoms with Crippen molar-refractivity contribution in [1.82, 2.24) is 5.32 Å². The number of rotatable bonds is 7. The van der Waals surface area contributed by atoms with E-state index in [-0.39, 0.29) is 5.92 Å². The smallest absolute Gasteiger partial charge is 0.320 e. The molecule has 3 heteroatoms. The molecular formula is C14H21NO2. The van der Waals surface area contributed by atoms with Crippen molar-refractivity contribution in [3.05, 3.63) is 35.9 Å². The second-order valence-corrected chi connectivity index (χ2v) is 4.39. The van der Waals surface area contributed by atoms with Crippen molar-refractivity contribution < 1.29 is 9.90 Å². The van der Waals surface area contributed by atoms with E-state index in [1.165, 1.54) is 5.56 Å². The van der Waals surface area contributed by atoms with Crippen LogP contribution in [0.15, 0.2) is 30.3 Å². The molecule has 94 valence electrons. The van der Waals surface area contributed by atoms with E-state index in [4.69, 9.17) is 5.11 Å². The molecule has 1 aromatic rings. The van der Waals surface area contributed by atoms with Crippen LogP contribution in [0, 0.1) is 5.92 Å². The molecule has 0 aliphatic carbocycles. The summed E-state index contributed by atoms with van der Waals surface area (Å²) >= 11 is 0. The highest BCUT2D eigenvalue weighted by Gasteiger charge is 2.22. The molecule has 0 bridgehead atoms. The fourth-order valence-electron chi connectivity index (χ4n) is 1.78. The Morgan fingerprint density at radius 3 is 2.53 bits per heavy atom. The quantitative estimate of drug-likeness (QED) is 0.762. The van der Waals surface area contributed by atoms with E-state index in [9.17, 15) is 4.79 Å². The first-order valence-corrected chi connectivity index (χ1v) is 6.15. The van der Waals surface area contributed by atoms with E-state index < -0.39 is 12.0 Å². The average molecular weight is 235 g/mol. The minimum atomic E-state index is -0.757. The molecule has 2 atom stereocenters. The van der Waals surface area contributed by atoms with Crippen LogP contribution in [0.4, 0.5) is 0 Å². The van der Waals surface area contributed by atoms with Crippen molar-refractivity contribution in [3.8, 4) is 0 Å². The van der Waals surface area contributed by atoms with Gasteiger partial charge in [-0.05, 0) is 24.4 Å². The number of carbonyl (C=O) groups is 1. The summed E-state index contributed by atoms with van der Waals surface area (Å²) in [7, 11) is 0. The zero-order valence-electron chi connectivity index (χ0n) is 10.5. The predicted molar refractivity (Wildman–Crippen MR) is 69.0 cm³/mol. The van der Waals surface area contributed by atoms with Crippen LogP contribution in [0.2, 0.25) is 0 Å². The number of carboxylic acid groups (broad SMARTS) is 1. The molecule has 0 heterocycles. The standard InChI is InChI=1S/C14H21NO2/c1-3-11(2)13(14(16)17)15-10-9-12-7-5-4-6-8-12/h4-8,11,13,15H,3,9-10H2,1-2H3,(H,16,17)/t11-,13-/m0/s1. The second-order valence-electron chi connectivity index (χ2n) is 4.39. The van der Waals surface area contributed by atoms with Gasteiger partial charge < -0.3 is 10.4 Å². The molecule has 1 rings (SSSR count). The first-order chi connectivity index (χ1) is 8.15. The average Bonchev–Trinajstić information content (AvgIpc) is 2.34. The van der Waals surface area contributed by atoms with Crippen LogP contribution in [0.25, 0.3) is 0 Å². The van der Waals surface area contributed by atoms with Gasteiger partial charge in [0.2, 0.25) is 0 Å². The molecule has 0 unspecified atom stereocenters. The highest BCUT2D eigenvalue weighted by atomic mass is 16.4. The van der Waals surface area contributed by atoms with Gasteiger partial charge in [0.15, 0.2) is 0 Å². The van der Waals surface area contributed by atoms with E-state index in [1.807, 2.05) is 32.0 Å². The van der Waals surface area contributed by atoms with E-state index in [1.54, 1.807) is 0 Å². The summed E-state index contributed by atoms with van der Waals surface area (Å²) in [5, 5.41) is 12.2. The van der Waals surface area contributed by atoms with Gasteiger partial charge in [0.1, 0.15) is 6.04 Å². The maximum Gasteiger partial charge on any atom is 0.320 e. The highest BCUT2D eigenvalue weighted by molar-refractivity contribution is 5.73. The molecule has 0 amide bonds. The largest absolute Gasteiger partial charge is 0.480 e. The van der Waals surface area contributed by atoms with Crippen molar-refractivity contribution in [3.63, 3.8) is 0 Å². The normalized spacial score (nSPS) is 14.2. The van der Waals surface area contributed by atoms with E-state index in [2.05, 4.69) is 17.4 Å². The van der Waals surface area contributed by atoms with Gasteiger partial charge in [0.05, 0.1) is 0 Å². The monoisotopic (exact) mass is 235 g/mol. The lowest BCUT2D eigenvalue weighted by Crippen LogP contribution is -2.42. The van der Waals surface area contributed by atoms with Crippen LogP contribution in [0.1, 0.15) is 25.8 Å². The molecule has 0 radical (unpaired) electrons. The molecule has 17 heavy (non-hydrogen) atoms. The van der Waals surface area contributed by atoms with Crippen molar-refractivity contribution in [2.24, 2.45) is 5.92 Å². The molecule has 2 N–H and O–H groups in total. The van der Waals surface area contributed by atoms with Crippen molar-refractivity contribution in [2.75, 3.05) is 6.54 Å². The fourth-order valence-corrected chi connectivity index (χ4v) is 1.78. The Labute approximate surface area is 103 Å². The molecule has 3 nitrogen and oxygen atoms in total. The number of nitrogens with one attached hydrogen (secondary N) is 1. The van der Waals surface area contributed by atoms with Crippen LogP contribution in [0.3, 0.4) is 0 Å². The Bertz CT molecular complexity index is 337. The maximum atomic E-state index is 11.1. The number of hydrogen-bond donors (Lipinski definition) is 2. The first-order valence-electron chi connectivity index (χ1n) is 6.15. The van der Waals surface area contributed by atoms with Crippen LogP contribution in [0.5, 0.6) is 0 Å². The van der Waals surface area contributed by atoms with Crippen molar-refractivity contribution >= 4 is 5.97 Å². The molecule has 0 aliphatic rings. The van der Waals surface area contributed by atoms with Gasteiger partial charge in [-0.15, -0.1) is 0 Å². The summed E-state index contributed by atoms with van der Waals surface area (Å²) in [4.78, 5) is 11.1. The second kappa shape index (κ2) is 7.07. The summed E-state index contributed by atoms with van der Waals surface area (Å²) in [5.74, 6) is -0.601. The van der Waals surface area contributed by atoms with Crippen LogP contribution < -0.4 is 5.32 Å². The fraction of sp³-hybridized carbons (Fsp3) is 0.500. The third-order valence-corrected chi connectivity index (χ3v) is 3.10. The van der Waals surface area contributed by atoms with Gasteiger partial charge in [-0.2, -0.15) is 0 Å². The summed E-state index contributed by atoms with van der Waals surface area (Å²) in [6.45, 7) is 4.68. The van der Waals surface area contributed by atoms with E-state index in [0.29, 0.717) is 6.54 Å². The number of hydrogen-bond acceptors (Lipinski definition) is 2. The van der Waals surface area contributed by atoms with Crippen molar-refractivity contribution in [2.45, 2.75) is 32.7 Å². The maximum absolute atomic E-state index is 11.1. The van der Waals surface area contributed by atoms with Crippen LogP contribution in [-0.2, 0) is 11.2 Å². The Balaban J connectivity index is 2.40. The molecule has 0 aromatic heterocycles. The lowest BCUT2D eigenvalue weighted by atomic mass is 9.99. The van der Waals surface area contributed by atoms with Crippen LogP contribution in [-0.4, -0.2) is 23.7 Å². The zero-order valence-corrected chi connectivity index (χ0v) is 10.5. The lowest BCUT2D eigenvalue weighted by molar-refractivity contribution is -0.140. The van der Waals surface area contributed by atoms with Crippen molar-refractivity contribution in [1.29, 1.82) is 0 Å². The first kappa shape index (κ1) is 13.7. The summed E-state index contributed by atoms with van der Waals surface area (Å²) in [5.41, 5.74) is 1.23. The van der Waals surface area contributed by atoms with Gasteiger partial charge in [0.25, 0.3) is 0 Å². The topological polar surface area (TPSA) is 49.3 Å². The Morgan fingerprint density at radius 2 is 2.00 bits per heavy atom. The van der Waals surface area contributed by atoms with Gasteiger partial charge >= 0.3 is 5.97 Å². The molecular weight excluding hydrogens is 214 g/mol. The van der Waals surface area contributed by atoms with Gasteiger partial charge in [-0.25, -0.2) is 0 Å². The molecule has 0 saturated carbocycles. The third-order valence-electron chi connectivity index (χ3n) is 3.10. The zero-order chi connectivity index (χ0) is 12.7. The highest BCUT2D eigenvalue weighted by Crippen LogP contribution is 2.08. The Morgan fingerprint density at radius 1 is 1.35 bits per heavy atom. The molecule has 1 aromatic carbocycles. The number of carboxylic acids is 1. The molecule has 0 saturated heterocycles. The molecule has 0 aliphatic heterocycles. The number of benzene rings is 1. The predicted octanol–water partition coefficient (Wildman–Crippen LogP) is 2.32. The number of aliphatic carboxylic acids is 1.